The van der Waals surface area contributed by atoms with E-state index in [1.165, 1.54) is 0 Å². The topological polar surface area (TPSA) is 130 Å². The van der Waals surface area contributed by atoms with Gasteiger partial charge in [0.1, 0.15) is 5.82 Å². The lowest BCUT2D eigenvalue weighted by Gasteiger charge is -2.18. The van der Waals surface area contributed by atoms with Gasteiger partial charge in [0.15, 0.2) is 5.60 Å². The molecule has 0 heterocycles. The fourth-order valence-electron chi connectivity index (χ4n) is 1.27. The van der Waals surface area contributed by atoms with Crippen LogP contribution in [0, 0.1) is 21.7 Å². The second-order valence-electron chi connectivity index (χ2n) is 4.30. The number of benzene rings is 1. The molecule has 0 saturated carbocycles. The molecule has 1 rings (SSSR count). The summed E-state index contributed by atoms with van der Waals surface area (Å²) in [7, 11) is 0. The molecule has 0 radical (unpaired) electrons. The molecule has 0 aliphatic carbocycles. The molecule has 21 heavy (non-hydrogen) atoms. The molecule has 10 heteroatoms. The molecule has 1 unspecified atom stereocenters. The van der Waals surface area contributed by atoms with Gasteiger partial charge in [0, 0.05) is 12.1 Å². The number of nitrogens with zero attached hydrogens (tertiary/aromatic N) is 1. The fourth-order valence-corrected chi connectivity index (χ4v) is 1.27. The molecule has 1 aromatic rings. The van der Waals surface area contributed by atoms with Crippen LogP contribution >= 0.6 is 0 Å². The normalized spacial score (nSPS) is 13.3. The van der Waals surface area contributed by atoms with Crippen molar-refractivity contribution >= 4 is 17.6 Å². The number of carbonyl (C=O) groups excluding carboxylic acids is 1. The Hall–Kier alpha value is -2.62. The van der Waals surface area contributed by atoms with E-state index in [2.05, 4.69) is 0 Å². The van der Waals surface area contributed by atoms with E-state index in [0.29, 0.717) is 6.07 Å². The number of carboxylic acids is 1. The molecule has 0 fully saturated rings. The van der Waals surface area contributed by atoms with E-state index in [1.54, 1.807) is 0 Å². The third-order valence-corrected chi connectivity index (χ3v) is 2.53. The van der Waals surface area contributed by atoms with E-state index in [0.717, 1.165) is 6.92 Å². The molecule has 0 saturated heterocycles. The van der Waals surface area contributed by atoms with Gasteiger partial charge in [0.25, 0.3) is 5.91 Å². The number of nitro groups is 1. The van der Waals surface area contributed by atoms with Gasteiger partial charge in [-0.3, -0.25) is 14.9 Å². The Bertz CT molecular complexity index is 617. The second-order valence-corrected chi connectivity index (χ2v) is 4.30. The number of carboxylic acid groups (broad SMARTS) is 1. The first-order valence-corrected chi connectivity index (χ1v) is 5.43. The van der Waals surface area contributed by atoms with Crippen molar-refractivity contribution in [2.24, 2.45) is 0 Å². The molecule has 8 nitrogen and oxygen atoms in total. The molecule has 0 bridgehead atoms. The van der Waals surface area contributed by atoms with Gasteiger partial charge in [-0.2, -0.15) is 4.39 Å². The number of halogens is 2. The van der Waals surface area contributed by atoms with Gasteiger partial charge in [0.05, 0.1) is 17.0 Å². The van der Waals surface area contributed by atoms with E-state index < -0.39 is 51.8 Å². The second kappa shape index (κ2) is 5.79. The Morgan fingerprint density at radius 2 is 1.95 bits per heavy atom. The zero-order valence-electron chi connectivity index (χ0n) is 10.6. The van der Waals surface area contributed by atoms with E-state index in [4.69, 9.17) is 5.11 Å². The first kappa shape index (κ1) is 16.4. The Kier molecular flexibility index (Phi) is 4.53. The van der Waals surface area contributed by atoms with Crippen molar-refractivity contribution in [1.82, 2.24) is 5.32 Å². The predicted octanol–water partition coefficient (Wildman–Crippen LogP) is 0.438. The van der Waals surface area contributed by atoms with E-state index in [-0.39, 0.29) is 6.07 Å². The minimum absolute atomic E-state index is 0.169. The van der Waals surface area contributed by atoms with Crippen LogP contribution in [0.1, 0.15) is 17.3 Å². The molecule has 0 aromatic heterocycles. The highest BCUT2D eigenvalue weighted by atomic mass is 19.1. The molecule has 0 aliphatic rings. The summed E-state index contributed by atoms with van der Waals surface area (Å²) >= 11 is 0. The minimum atomic E-state index is -2.31. The van der Waals surface area contributed by atoms with Crippen LogP contribution < -0.4 is 5.32 Å². The zero-order chi connectivity index (χ0) is 16.4. The lowest BCUT2D eigenvalue weighted by Crippen LogP contribution is -2.46. The maximum Gasteiger partial charge on any atom is 0.337 e. The molecule has 1 amide bonds. The average Bonchev–Trinajstić information content (AvgIpc) is 2.35. The van der Waals surface area contributed by atoms with Gasteiger partial charge in [-0.1, -0.05) is 0 Å². The van der Waals surface area contributed by atoms with Crippen LogP contribution in [-0.2, 0) is 4.79 Å². The molecule has 1 aromatic carbocycles. The van der Waals surface area contributed by atoms with Crippen LogP contribution in [0.25, 0.3) is 0 Å². The maximum absolute atomic E-state index is 13.4. The lowest BCUT2D eigenvalue weighted by molar-refractivity contribution is -0.387. The van der Waals surface area contributed by atoms with Gasteiger partial charge in [-0.25, -0.2) is 9.18 Å². The van der Waals surface area contributed by atoms with Crippen molar-refractivity contribution in [3.05, 3.63) is 39.4 Å². The summed E-state index contributed by atoms with van der Waals surface area (Å²) in [5.41, 5.74) is -4.26. The van der Waals surface area contributed by atoms with Gasteiger partial charge in [0.2, 0.25) is 5.82 Å². The molecular formula is C11H10F2N2O6. The summed E-state index contributed by atoms with van der Waals surface area (Å²) in [6.07, 6.45) is 0. The van der Waals surface area contributed by atoms with Crippen molar-refractivity contribution in [3.63, 3.8) is 0 Å². The van der Waals surface area contributed by atoms with E-state index in [1.807, 2.05) is 5.32 Å². The van der Waals surface area contributed by atoms with Crippen LogP contribution in [0.5, 0.6) is 0 Å². The Labute approximate surface area is 116 Å². The number of aliphatic hydroxyl groups is 1. The lowest BCUT2D eigenvalue weighted by atomic mass is 10.1. The van der Waals surface area contributed by atoms with Crippen LogP contribution in [0.4, 0.5) is 14.5 Å². The zero-order valence-corrected chi connectivity index (χ0v) is 10.6. The molecule has 0 aliphatic heterocycles. The number of aliphatic carboxylic acids is 1. The van der Waals surface area contributed by atoms with Crippen LogP contribution in [0.15, 0.2) is 12.1 Å². The number of nitrogens with one attached hydrogen (secondary N) is 1. The van der Waals surface area contributed by atoms with Crippen LogP contribution in [0.3, 0.4) is 0 Å². The first-order valence-electron chi connectivity index (χ1n) is 5.43. The number of hydrogen-bond acceptors (Lipinski definition) is 5. The smallest absolute Gasteiger partial charge is 0.337 e. The number of rotatable bonds is 5. The van der Waals surface area contributed by atoms with Crippen molar-refractivity contribution in [1.29, 1.82) is 0 Å². The van der Waals surface area contributed by atoms with E-state index in [9.17, 15) is 33.6 Å². The third-order valence-electron chi connectivity index (χ3n) is 2.53. The van der Waals surface area contributed by atoms with Crippen LogP contribution in [0.2, 0.25) is 0 Å². The van der Waals surface area contributed by atoms with Crippen molar-refractivity contribution in [2.75, 3.05) is 6.54 Å². The fraction of sp³-hybridized carbons (Fsp3) is 0.273. The van der Waals surface area contributed by atoms with Crippen molar-refractivity contribution < 1.29 is 33.5 Å². The summed E-state index contributed by atoms with van der Waals surface area (Å²) < 4.78 is 26.5. The summed E-state index contributed by atoms with van der Waals surface area (Å²) in [6, 6.07) is 0.553. The third kappa shape index (κ3) is 3.69. The predicted molar refractivity (Wildman–Crippen MR) is 63.6 cm³/mol. The number of hydrogen-bond donors (Lipinski definition) is 3. The van der Waals surface area contributed by atoms with Gasteiger partial charge in [-0.05, 0) is 6.92 Å². The number of carbonyl (C=O) groups is 2. The number of nitro benzene ring substituents is 1. The average molecular weight is 304 g/mol. The van der Waals surface area contributed by atoms with Gasteiger partial charge >= 0.3 is 11.7 Å². The summed E-state index contributed by atoms with van der Waals surface area (Å²) in [5.74, 6) is -5.66. The van der Waals surface area contributed by atoms with Crippen molar-refractivity contribution in [2.45, 2.75) is 12.5 Å². The molecular weight excluding hydrogens is 294 g/mol. The largest absolute Gasteiger partial charge is 0.479 e. The molecule has 114 valence electrons. The summed E-state index contributed by atoms with van der Waals surface area (Å²) in [4.78, 5) is 31.6. The summed E-state index contributed by atoms with van der Waals surface area (Å²) in [6.45, 7) is 0.116. The SMILES string of the molecule is CC(O)(CNC(=O)c1cc([N+](=O)[O-])c(F)cc1F)C(=O)O. The Balaban J connectivity index is 3.01. The van der Waals surface area contributed by atoms with Gasteiger partial charge in [-0.15, -0.1) is 0 Å². The minimum Gasteiger partial charge on any atom is -0.479 e. The monoisotopic (exact) mass is 304 g/mol. The Morgan fingerprint density at radius 1 is 1.38 bits per heavy atom. The molecule has 0 spiro atoms. The number of amides is 1. The highest BCUT2D eigenvalue weighted by Crippen LogP contribution is 2.21. The standard InChI is InChI=1S/C11H10F2N2O6/c1-11(19,10(17)18)4-14-9(16)5-2-8(15(20)21)7(13)3-6(5)12/h2-3,19H,4H2,1H3,(H,14,16)(H,17,18). The maximum atomic E-state index is 13.4. The van der Waals surface area contributed by atoms with Crippen LogP contribution in [-0.4, -0.2) is 39.2 Å². The quantitative estimate of drug-likeness (QED) is 0.534. The van der Waals surface area contributed by atoms with Gasteiger partial charge < -0.3 is 15.5 Å². The molecule has 1 atom stereocenters. The summed E-state index contributed by atoms with van der Waals surface area (Å²) in [5, 5.41) is 30.4. The Morgan fingerprint density at radius 3 is 2.43 bits per heavy atom. The highest BCUT2D eigenvalue weighted by Gasteiger charge is 2.31. The van der Waals surface area contributed by atoms with E-state index >= 15 is 0 Å². The van der Waals surface area contributed by atoms with Crippen molar-refractivity contribution in [3.8, 4) is 0 Å². The highest BCUT2D eigenvalue weighted by molar-refractivity contribution is 5.95. The first-order chi connectivity index (χ1) is 9.56. The molecule has 3 N–H and O–H groups in total.